The van der Waals surface area contributed by atoms with Crippen LogP contribution in [0.3, 0.4) is 0 Å². The first-order chi connectivity index (χ1) is 15.8. The molecule has 34 heavy (non-hydrogen) atoms. The Bertz CT molecular complexity index is 1090. The maximum absolute atomic E-state index is 13.9. The Morgan fingerprint density at radius 1 is 0.971 bits per heavy atom. The lowest BCUT2D eigenvalue weighted by Crippen LogP contribution is -2.54. The lowest BCUT2D eigenvalue weighted by Gasteiger charge is -2.59. The fourth-order valence-corrected chi connectivity index (χ4v) is 8.65. The number of carbonyl (C=O) groups excluding carboxylic acids is 2. The van der Waals surface area contributed by atoms with Crippen LogP contribution < -0.4 is 5.73 Å². The normalized spacial score (nSPS) is 39.9. The molecule has 1 aromatic carbocycles. The molecule has 1 unspecified atom stereocenters. The Balaban J connectivity index is 1.59. The molecule has 4 aliphatic carbocycles. The number of rotatable bonds is 2. The Morgan fingerprint density at radius 3 is 2.32 bits per heavy atom. The van der Waals surface area contributed by atoms with Gasteiger partial charge in [-0.2, -0.15) is 13.2 Å². The average Bonchev–Trinajstić information content (AvgIpc) is 3.06. The summed E-state index contributed by atoms with van der Waals surface area (Å²) in [5, 5.41) is 0. The van der Waals surface area contributed by atoms with Crippen molar-refractivity contribution in [1.29, 1.82) is 0 Å². The number of fused-ring (bicyclic) bond motifs is 5. The molecule has 1 amide bonds. The highest BCUT2D eigenvalue weighted by Gasteiger charge is 2.64. The van der Waals surface area contributed by atoms with E-state index in [0.717, 1.165) is 43.7 Å². The predicted octanol–water partition coefficient (Wildman–Crippen LogP) is 6.56. The van der Waals surface area contributed by atoms with E-state index >= 15 is 0 Å². The highest BCUT2D eigenvalue weighted by Crippen LogP contribution is 2.70. The Morgan fingerprint density at radius 2 is 1.65 bits per heavy atom. The molecule has 0 aliphatic heterocycles. The van der Waals surface area contributed by atoms with Gasteiger partial charge in [0, 0.05) is 12.0 Å². The molecule has 5 rings (SSSR count). The molecule has 0 aromatic heterocycles. The summed E-state index contributed by atoms with van der Waals surface area (Å²) in [5.41, 5.74) is 5.52. The van der Waals surface area contributed by atoms with Gasteiger partial charge < -0.3 is 5.73 Å². The van der Waals surface area contributed by atoms with Crippen molar-refractivity contribution in [2.24, 2.45) is 39.7 Å². The van der Waals surface area contributed by atoms with Crippen molar-refractivity contribution in [3.8, 4) is 0 Å². The van der Waals surface area contributed by atoms with Crippen LogP contribution >= 0.6 is 0 Å². The number of nitrogens with two attached hydrogens (primary N) is 1. The molecule has 0 heterocycles. The summed E-state index contributed by atoms with van der Waals surface area (Å²) in [4.78, 5) is 25.6. The van der Waals surface area contributed by atoms with Crippen LogP contribution in [0.25, 0.3) is 5.57 Å². The summed E-state index contributed by atoms with van der Waals surface area (Å²) in [5.74, 6) is 0.718. The van der Waals surface area contributed by atoms with E-state index in [-0.39, 0.29) is 34.5 Å². The number of hydrogen-bond donors (Lipinski definition) is 1. The van der Waals surface area contributed by atoms with Gasteiger partial charge in [-0.15, -0.1) is 0 Å². The van der Waals surface area contributed by atoms with E-state index in [2.05, 4.69) is 13.8 Å². The fourth-order valence-electron chi connectivity index (χ4n) is 8.65. The highest BCUT2D eigenvalue weighted by atomic mass is 19.4. The Labute approximate surface area is 199 Å². The molecule has 0 spiro atoms. The first-order valence-corrected chi connectivity index (χ1v) is 12.6. The second-order valence-corrected chi connectivity index (χ2v) is 11.8. The van der Waals surface area contributed by atoms with E-state index in [1.807, 2.05) is 6.92 Å². The number of ketones is 1. The van der Waals surface area contributed by atoms with E-state index in [0.29, 0.717) is 36.2 Å². The van der Waals surface area contributed by atoms with Gasteiger partial charge in [-0.05, 0) is 85.2 Å². The average molecular weight is 474 g/mol. The fraction of sp³-hybridized carbons (Fsp3) is 0.643. The number of carbonyl (C=O) groups is 2. The van der Waals surface area contributed by atoms with Crippen LogP contribution in [0.15, 0.2) is 29.8 Å². The standard InChI is InChI=1S/C28H34F3NO2/c1-25-13-12-22(33)23(17-6-4-5-7-20(17)28(29,30)31)21(25)9-8-16-18(25)10-14-26(2)19(16)11-15-27(26,3)24(32)34/h4-7,16,18-19H,8-15H2,1-3H3,(H2,32,34)/t16-,18-,19+,25-,26+,27?/m1/s1. The molecule has 2 N–H and O–H groups in total. The minimum absolute atomic E-state index is 0.0437. The second-order valence-electron chi connectivity index (χ2n) is 11.8. The summed E-state index contributed by atoms with van der Waals surface area (Å²) < 4.78 is 41.6. The molecular weight excluding hydrogens is 439 g/mol. The predicted molar refractivity (Wildman–Crippen MR) is 124 cm³/mol. The van der Waals surface area contributed by atoms with E-state index < -0.39 is 17.2 Å². The molecule has 3 saturated carbocycles. The van der Waals surface area contributed by atoms with E-state index in [4.69, 9.17) is 5.73 Å². The van der Waals surface area contributed by atoms with Gasteiger partial charge in [-0.3, -0.25) is 9.59 Å². The van der Waals surface area contributed by atoms with Crippen LogP contribution in [-0.4, -0.2) is 11.7 Å². The lowest BCUT2D eigenvalue weighted by molar-refractivity contribution is -0.140. The van der Waals surface area contributed by atoms with Crippen LogP contribution in [0.2, 0.25) is 0 Å². The van der Waals surface area contributed by atoms with Crippen molar-refractivity contribution < 1.29 is 22.8 Å². The number of alkyl halides is 3. The van der Waals surface area contributed by atoms with Crippen molar-refractivity contribution in [3.05, 3.63) is 41.0 Å². The number of hydrogen-bond acceptors (Lipinski definition) is 2. The van der Waals surface area contributed by atoms with Gasteiger partial charge in [0.15, 0.2) is 5.78 Å². The first-order valence-electron chi connectivity index (χ1n) is 12.6. The van der Waals surface area contributed by atoms with Gasteiger partial charge >= 0.3 is 6.18 Å². The molecule has 4 aliphatic rings. The summed E-state index contributed by atoms with van der Waals surface area (Å²) in [6.45, 7) is 6.44. The molecule has 6 heteroatoms. The van der Waals surface area contributed by atoms with Crippen molar-refractivity contribution in [2.45, 2.75) is 78.3 Å². The molecule has 184 valence electrons. The second kappa shape index (κ2) is 7.44. The third-order valence-electron chi connectivity index (χ3n) is 10.8. The maximum Gasteiger partial charge on any atom is 0.417 e. The lowest BCUT2D eigenvalue weighted by atomic mass is 9.44. The van der Waals surface area contributed by atoms with Crippen LogP contribution in [0.4, 0.5) is 13.2 Å². The minimum Gasteiger partial charge on any atom is -0.369 e. The zero-order chi connectivity index (χ0) is 24.7. The van der Waals surface area contributed by atoms with Crippen LogP contribution in [0.1, 0.15) is 83.3 Å². The number of primary amides is 1. The number of amides is 1. The van der Waals surface area contributed by atoms with Crippen LogP contribution in [-0.2, 0) is 15.8 Å². The van der Waals surface area contributed by atoms with Gasteiger partial charge in [0.05, 0.1) is 11.0 Å². The Kier molecular flexibility index (Phi) is 5.17. The molecule has 1 aromatic rings. The quantitative estimate of drug-likeness (QED) is 0.529. The summed E-state index contributed by atoms with van der Waals surface area (Å²) in [7, 11) is 0. The topological polar surface area (TPSA) is 60.2 Å². The molecule has 0 bridgehead atoms. The SMILES string of the molecule is CC1(C(N)=O)CC[C@H]2[C@@H]3CCC4=C(c5ccccc5C(F)(F)F)C(=O)CC[C@]4(C)[C@@H]3CC[C@@]21C. The van der Waals surface area contributed by atoms with E-state index in [1.165, 1.54) is 12.1 Å². The third-order valence-corrected chi connectivity index (χ3v) is 10.8. The van der Waals surface area contributed by atoms with E-state index in [9.17, 15) is 22.8 Å². The summed E-state index contributed by atoms with van der Waals surface area (Å²) in [6, 6.07) is 5.54. The highest BCUT2D eigenvalue weighted by molar-refractivity contribution is 6.23. The Hall–Kier alpha value is -2.11. The number of benzene rings is 1. The van der Waals surface area contributed by atoms with Gasteiger partial charge in [-0.25, -0.2) is 0 Å². The van der Waals surface area contributed by atoms with E-state index in [1.54, 1.807) is 6.07 Å². The van der Waals surface area contributed by atoms with Crippen molar-refractivity contribution in [1.82, 2.24) is 0 Å². The van der Waals surface area contributed by atoms with Gasteiger partial charge in [0.1, 0.15) is 0 Å². The maximum atomic E-state index is 13.9. The van der Waals surface area contributed by atoms with Crippen LogP contribution in [0, 0.1) is 34.0 Å². The zero-order valence-electron chi connectivity index (χ0n) is 20.2. The van der Waals surface area contributed by atoms with Gasteiger partial charge in [0.25, 0.3) is 0 Å². The molecule has 3 nitrogen and oxygen atoms in total. The molecular formula is C28H34F3NO2. The third kappa shape index (κ3) is 3.02. The zero-order valence-corrected chi connectivity index (χ0v) is 20.2. The van der Waals surface area contributed by atoms with Crippen LogP contribution in [0.5, 0.6) is 0 Å². The molecule has 3 fully saturated rings. The number of allylic oxidation sites excluding steroid dienone is 1. The summed E-state index contributed by atoms with van der Waals surface area (Å²) in [6.07, 6.45) is 1.55. The molecule has 0 radical (unpaired) electrons. The van der Waals surface area contributed by atoms with Gasteiger partial charge in [0.2, 0.25) is 5.91 Å². The smallest absolute Gasteiger partial charge is 0.369 e. The first kappa shape index (κ1) is 23.6. The molecule has 0 saturated heterocycles. The number of halogens is 3. The van der Waals surface area contributed by atoms with Crippen molar-refractivity contribution in [3.63, 3.8) is 0 Å². The molecule has 6 atom stereocenters. The monoisotopic (exact) mass is 473 g/mol. The van der Waals surface area contributed by atoms with Crippen molar-refractivity contribution >= 4 is 17.3 Å². The minimum atomic E-state index is -4.51. The van der Waals surface area contributed by atoms with Gasteiger partial charge in [-0.1, -0.05) is 44.5 Å². The van der Waals surface area contributed by atoms with Crippen molar-refractivity contribution in [2.75, 3.05) is 0 Å². The summed E-state index contributed by atoms with van der Waals surface area (Å²) >= 11 is 0. The largest absolute Gasteiger partial charge is 0.417 e. The number of Topliss-reactive ketones (excluding diaryl/α,β-unsaturated/α-hetero) is 1.